The number of piperazine rings is 1. The van der Waals surface area contributed by atoms with Crippen LogP contribution in [-0.2, 0) is 9.59 Å². The zero-order chi connectivity index (χ0) is 22.9. The molecule has 0 radical (unpaired) electrons. The smallest absolute Gasteiger partial charge is 0.277 e. The molecule has 0 atom stereocenters. The number of nitrogens with zero attached hydrogens (tertiary/aromatic N) is 3. The minimum atomic E-state index is -0.193. The average molecular weight is 444 g/mol. The Labute approximate surface area is 191 Å². The Morgan fingerprint density at radius 1 is 0.875 bits per heavy atom. The van der Waals surface area contributed by atoms with Crippen LogP contribution < -0.4 is 4.74 Å². The second kappa shape index (κ2) is 12.0. The minimum Gasteiger partial charge on any atom is -0.497 e. The Morgan fingerprint density at radius 2 is 1.53 bits per heavy atom. The summed E-state index contributed by atoms with van der Waals surface area (Å²) in [5.41, 5.74) is 1.77. The Morgan fingerprint density at radius 3 is 2.16 bits per heavy atom. The van der Waals surface area contributed by atoms with Crippen LogP contribution in [0.4, 0.5) is 0 Å². The topological polar surface area (TPSA) is 73.3 Å². The molecule has 2 aliphatic heterocycles. The number of benzene rings is 1. The number of amides is 2. The van der Waals surface area contributed by atoms with Gasteiger partial charge in [-0.05, 0) is 24.1 Å². The van der Waals surface area contributed by atoms with Gasteiger partial charge in [-0.1, -0.05) is 51.2 Å². The summed E-state index contributed by atoms with van der Waals surface area (Å²) in [7, 11) is 1.61. The summed E-state index contributed by atoms with van der Waals surface area (Å²) in [5.74, 6) is 0.348. The number of ether oxygens (including phenoxy) is 1. The number of rotatable bonds is 12. The van der Waals surface area contributed by atoms with Gasteiger partial charge in [0, 0.05) is 39.3 Å². The van der Waals surface area contributed by atoms with Gasteiger partial charge < -0.3 is 14.7 Å². The number of imide groups is 1. The summed E-state index contributed by atoms with van der Waals surface area (Å²) in [6.45, 7) is 6.28. The zero-order valence-corrected chi connectivity index (χ0v) is 19.5. The first-order valence-electron chi connectivity index (χ1n) is 11.9. The quantitative estimate of drug-likeness (QED) is 0.396. The Balaban J connectivity index is 1.78. The molecular formula is C25H37N3O4. The maximum Gasteiger partial charge on any atom is 0.277 e. The molecule has 0 unspecified atom stereocenters. The van der Waals surface area contributed by atoms with Crippen LogP contribution in [0, 0.1) is 0 Å². The molecule has 1 aromatic carbocycles. The van der Waals surface area contributed by atoms with Crippen molar-refractivity contribution < 1.29 is 19.4 Å². The molecule has 2 heterocycles. The Bertz CT molecular complexity index is 798. The average Bonchev–Trinajstić information content (AvgIpc) is 3.06. The van der Waals surface area contributed by atoms with Gasteiger partial charge in [-0.15, -0.1) is 0 Å². The van der Waals surface area contributed by atoms with E-state index in [1.165, 1.54) is 24.2 Å². The third-order valence-corrected chi connectivity index (χ3v) is 6.36. The lowest BCUT2D eigenvalue weighted by atomic mass is 10.0. The molecule has 1 N–H and O–H groups in total. The van der Waals surface area contributed by atoms with Crippen molar-refractivity contribution in [3.05, 3.63) is 35.5 Å². The van der Waals surface area contributed by atoms with E-state index in [9.17, 15) is 14.7 Å². The van der Waals surface area contributed by atoms with Crippen molar-refractivity contribution in [2.24, 2.45) is 0 Å². The van der Waals surface area contributed by atoms with Gasteiger partial charge in [-0.3, -0.25) is 19.4 Å². The van der Waals surface area contributed by atoms with E-state index in [1.807, 2.05) is 24.3 Å². The van der Waals surface area contributed by atoms with Crippen molar-refractivity contribution in [1.29, 1.82) is 0 Å². The summed E-state index contributed by atoms with van der Waals surface area (Å²) >= 11 is 0. The highest BCUT2D eigenvalue weighted by molar-refractivity contribution is 6.35. The molecule has 1 aromatic rings. The third-order valence-electron chi connectivity index (χ3n) is 6.36. The summed E-state index contributed by atoms with van der Waals surface area (Å²) in [6, 6.07) is 7.37. The molecule has 0 spiro atoms. The highest BCUT2D eigenvalue weighted by Gasteiger charge is 2.41. The van der Waals surface area contributed by atoms with Crippen LogP contribution in [0.25, 0.3) is 5.57 Å². The molecule has 7 heteroatoms. The first-order chi connectivity index (χ1) is 15.6. The highest BCUT2D eigenvalue weighted by atomic mass is 16.5. The van der Waals surface area contributed by atoms with Crippen LogP contribution >= 0.6 is 0 Å². The molecule has 7 nitrogen and oxygen atoms in total. The lowest BCUT2D eigenvalue weighted by Crippen LogP contribution is -2.48. The van der Waals surface area contributed by atoms with Crippen LogP contribution in [0.1, 0.15) is 51.0 Å². The highest BCUT2D eigenvalue weighted by Crippen LogP contribution is 2.33. The zero-order valence-electron chi connectivity index (χ0n) is 19.5. The molecular weight excluding hydrogens is 406 g/mol. The van der Waals surface area contributed by atoms with Crippen molar-refractivity contribution in [2.75, 3.05) is 53.0 Å². The van der Waals surface area contributed by atoms with Gasteiger partial charge in [0.05, 0.1) is 19.3 Å². The van der Waals surface area contributed by atoms with E-state index in [4.69, 9.17) is 4.74 Å². The molecule has 2 amide bonds. The largest absolute Gasteiger partial charge is 0.497 e. The van der Waals surface area contributed by atoms with Crippen molar-refractivity contribution in [3.8, 4) is 5.75 Å². The first kappa shape index (κ1) is 24.3. The normalized spacial score (nSPS) is 17.6. The summed E-state index contributed by atoms with van der Waals surface area (Å²) in [5, 5.41) is 9.21. The van der Waals surface area contributed by atoms with Crippen molar-refractivity contribution in [3.63, 3.8) is 0 Å². The number of aliphatic hydroxyl groups is 1. The van der Waals surface area contributed by atoms with Gasteiger partial charge in [-0.25, -0.2) is 0 Å². The fraction of sp³-hybridized carbons (Fsp3) is 0.600. The Hall–Kier alpha value is -2.38. The SMILES string of the molecule is CCCCCCCCN1C(=O)C(c2ccc(OC)cc2)=C(N2CCN(CCO)CC2)C1=O. The summed E-state index contributed by atoms with van der Waals surface area (Å²) in [4.78, 5) is 32.5. The lowest BCUT2D eigenvalue weighted by molar-refractivity contribution is -0.137. The van der Waals surface area contributed by atoms with Gasteiger partial charge in [0.25, 0.3) is 11.8 Å². The second-order valence-corrected chi connectivity index (χ2v) is 8.53. The number of methoxy groups -OCH3 is 1. The van der Waals surface area contributed by atoms with E-state index in [-0.39, 0.29) is 18.4 Å². The van der Waals surface area contributed by atoms with E-state index >= 15 is 0 Å². The van der Waals surface area contributed by atoms with E-state index in [0.717, 1.165) is 37.9 Å². The second-order valence-electron chi connectivity index (χ2n) is 8.53. The van der Waals surface area contributed by atoms with Gasteiger partial charge in [0.1, 0.15) is 11.4 Å². The van der Waals surface area contributed by atoms with Crippen LogP contribution in [0.2, 0.25) is 0 Å². The van der Waals surface area contributed by atoms with Gasteiger partial charge in [-0.2, -0.15) is 0 Å². The fourth-order valence-corrected chi connectivity index (χ4v) is 4.46. The van der Waals surface area contributed by atoms with Crippen molar-refractivity contribution in [2.45, 2.75) is 45.4 Å². The van der Waals surface area contributed by atoms with Gasteiger partial charge >= 0.3 is 0 Å². The number of unbranched alkanes of at least 4 members (excludes halogenated alkanes) is 5. The van der Waals surface area contributed by atoms with Crippen molar-refractivity contribution >= 4 is 17.4 Å². The van der Waals surface area contributed by atoms with E-state index in [1.54, 1.807) is 7.11 Å². The maximum atomic E-state index is 13.4. The third kappa shape index (κ3) is 5.70. The maximum absolute atomic E-state index is 13.4. The summed E-state index contributed by atoms with van der Waals surface area (Å²) < 4.78 is 5.26. The molecule has 1 saturated heterocycles. The molecule has 0 aromatic heterocycles. The van der Waals surface area contributed by atoms with Crippen LogP contribution in [0.5, 0.6) is 5.75 Å². The van der Waals surface area contributed by atoms with Gasteiger partial charge in [0.2, 0.25) is 0 Å². The van der Waals surface area contributed by atoms with Crippen LogP contribution in [0.15, 0.2) is 30.0 Å². The molecule has 1 fully saturated rings. The van der Waals surface area contributed by atoms with E-state index in [0.29, 0.717) is 43.2 Å². The van der Waals surface area contributed by atoms with E-state index in [2.05, 4.69) is 16.7 Å². The summed E-state index contributed by atoms with van der Waals surface area (Å²) in [6.07, 6.45) is 6.66. The van der Waals surface area contributed by atoms with E-state index < -0.39 is 0 Å². The van der Waals surface area contributed by atoms with Crippen LogP contribution in [0.3, 0.4) is 0 Å². The Kier molecular flexibility index (Phi) is 9.11. The molecule has 0 saturated carbocycles. The number of carbonyl (C=O) groups excluding carboxylic acids is 2. The lowest BCUT2D eigenvalue weighted by Gasteiger charge is -2.36. The number of hydrogen-bond donors (Lipinski definition) is 1. The molecule has 176 valence electrons. The number of carbonyl (C=O) groups is 2. The number of β-amino-alcohol motifs (C(OH)–C–C–N with tert-alkyl or cyclic N) is 1. The fourth-order valence-electron chi connectivity index (χ4n) is 4.46. The predicted molar refractivity (Wildman–Crippen MR) is 125 cm³/mol. The van der Waals surface area contributed by atoms with Gasteiger partial charge in [0.15, 0.2) is 0 Å². The standard InChI is InChI=1S/C25H37N3O4/c1-3-4-5-6-7-8-13-28-24(30)22(20-9-11-21(32-2)12-10-20)23(25(28)31)27-16-14-26(15-17-27)18-19-29/h9-12,29H,3-8,13-19H2,1-2H3. The molecule has 3 rings (SSSR count). The number of aliphatic hydroxyl groups excluding tert-OH is 1. The van der Waals surface area contributed by atoms with Crippen molar-refractivity contribution in [1.82, 2.24) is 14.7 Å². The predicted octanol–water partition coefficient (Wildman–Crippen LogP) is 2.75. The minimum absolute atomic E-state index is 0.128. The first-order valence-corrected chi connectivity index (χ1v) is 11.9. The number of hydrogen-bond acceptors (Lipinski definition) is 6. The molecule has 0 bridgehead atoms. The molecule has 2 aliphatic rings. The monoisotopic (exact) mass is 443 g/mol. The molecule has 32 heavy (non-hydrogen) atoms. The molecule has 0 aliphatic carbocycles. The van der Waals surface area contributed by atoms with Crippen LogP contribution in [-0.4, -0.2) is 84.6 Å².